The minimum absolute atomic E-state index is 0.243. The highest BCUT2D eigenvalue weighted by Crippen LogP contribution is 2.39. The number of amides is 1. The zero-order valence-electron chi connectivity index (χ0n) is 13.3. The molecule has 0 aromatic heterocycles. The molecular weight excluding hydrogens is 260 g/mol. The summed E-state index contributed by atoms with van der Waals surface area (Å²) in [5.74, 6) is 1.38. The van der Waals surface area contributed by atoms with Crippen molar-refractivity contribution in [1.82, 2.24) is 4.90 Å². The zero-order valence-corrected chi connectivity index (χ0v) is 13.3. The molecule has 3 heteroatoms. The molecule has 1 amide bonds. The lowest BCUT2D eigenvalue weighted by Crippen LogP contribution is -2.43. The number of hydrogen-bond acceptors (Lipinski definition) is 2. The number of nitrogens with two attached hydrogens (primary N) is 1. The van der Waals surface area contributed by atoms with Crippen molar-refractivity contribution in [3.05, 3.63) is 35.4 Å². The van der Waals surface area contributed by atoms with E-state index >= 15 is 0 Å². The summed E-state index contributed by atoms with van der Waals surface area (Å²) in [6, 6.07) is 8.61. The Morgan fingerprint density at radius 1 is 1.19 bits per heavy atom. The van der Waals surface area contributed by atoms with Gasteiger partial charge in [-0.25, -0.2) is 0 Å². The molecule has 3 unspecified atom stereocenters. The van der Waals surface area contributed by atoms with Gasteiger partial charge in [0, 0.05) is 19.1 Å². The molecule has 3 atom stereocenters. The van der Waals surface area contributed by atoms with E-state index in [1.54, 1.807) is 0 Å². The summed E-state index contributed by atoms with van der Waals surface area (Å²) in [7, 11) is 0. The average molecular weight is 286 g/mol. The van der Waals surface area contributed by atoms with E-state index in [9.17, 15) is 4.79 Å². The Hall–Kier alpha value is -1.35. The van der Waals surface area contributed by atoms with Gasteiger partial charge in [0.05, 0.1) is 5.41 Å². The van der Waals surface area contributed by atoms with Crippen LogP contribution in [0.3, 0.4) is 0 Å². The second kappa shape index (κ2) is 5.13. The van der Waals surface area contributed by atoms with Crippen LogP contribution < -0.4 is 5.73 Å². The highest BCUT2D eigenvalue weighted by molar-refractivity contribution is 5.87. The number of hydrogen-bond donors (Lipinski definition) is 1. The van der Waals surface area contributed by atoms with E-state index < -0.39 is 5.41 Å². The summed E-state index contributed by atoms with van der Waals surface area (Å²) < 4.78 is 0. The van der Waals surface area contributed by atoms with Crippen LogP contribution in [0.1, 0.15) is 37.8 Å². The lowest BCUT2D eigenvalue weighted by Gasteiger charge is -2.30. The molecule has 1 aliphatic heterocycles. The molecule has 0 spiro atoms. The predicted molar refractivity (Wildman–Crippen MR) is 85.0 cm³/mol. The highest BCUT2D eigenvalue weighted by atomic mass is 16.2. The van der Waals surface area contributed by atoms with Crippen LogP contribution in [-0.2, 0) is 10.2 Å². The van der Waals surface area contributed by atoms with Crippen LogP contribution >= 0.6 is 0 Å². The van der Waals surface area contributed by atoms with Gasteiger partial charge in [-0.1, -0.05) is 29.8 Å². The van der Waals surface area contributed by atoms with E-state index in [1.807, 2.05) is 18.7 Å². The van der Waals surface area contributed by atoms with Crippen LogP contribution in [0.5, 0.6) is 0 Å². The third-order valence-electron chi connectivity index (χ3n) is 5.51. The van der Waals surface area contributed by atoms with Crippen molar-refractivity contribution in [2.75, 3.05) is 13.1 Å². The van der Waals surface area contributed by atoms with Crippen LogP contribution in [0.25, 0.3) is 0 Å². The number of carbonyl (C=O) groups is 1. The maximum Gasteiger partial charge on any atom is 0.232 e. The molecule has 114 valence electrons. The van der Waals surface area contributed by atoms with Gasteiger partial charge in [0.15, 0.2) is 0 Å². The summed E-state index contributed by atoms with van der Waals surface area (Å²) in [4.78, 5) is 15.0. The van der Waals surface area contributed by atoms with Crippen LogP contribution in [-0.4, -0.2) is 29.9 Å². The fourth-order valence-electron chi connectivity index (χ4n) is 3.96. The molecule has 1 aromatic rings. The van der Waals surface area contributed by atoms with Gasteiger partial charge in [0.2, 0.25) is 5.91 Å². The molecule has 3 rings (SSSR count). The van der Waals surface area contributed by atoms with Crippen molar-refractivity contribution >= 4 is 5.91 Å². The highest BCUT2D eigenvalue weighted by Gasteiger charge is 2.45. The van der Waals surface area contributed by atoms with Crippen LogP contribution in [0.15, 0.2) is 24.3 Å². The fraction of sp³-hybridized carbons (Fsp3) is 0.611. The number of rotatable bonds is 2. The SMILES string of the molecule is Cc1ccc(C(C)(C)C(=O)N2CC3CCC(N)C3C2)cc1. The quantitative estimate of drug-likeness (QED) is 0.908. The van der Waals surface area contributed by atoms with Gasteiger partial charge in [0.25, 0.3) is 0 Å². The minimum Gasteiger partial charge on any atom is -0.341 e. The summed E-state index contributed by atoms with van der Waals surface area (Å²) in [6.07, 6.45) is 2.30. The van der Waals surface area contributed by atoms with Crippen molar-refractivity contribution in [1.29, 1.82) is 0 Å². The zero-order chi connectivity index (χ0) is 15.2. The Kier molecular flexibility index (Phi) is 3.56. The second-order valence-electron chi connectivity index (χ2n) is 7.37. The number of benzene rings is 1. The van der Waals surface area contributed by atoms with Gasteiger partial charge in [-0.05, 0) is 51.0 Å². The van der Waals surface area contributed by atoms with Crippen molar-refractivity contribution in [3.8, 4) is 0 Å². The molecule has 2 fully saturated rings. The van der Waals surface area contributed by atoms with Gasteiger partial charge < -0.3 is 10.6 Å². The Labute approximate surface area is 127 Å². The van der Waals surface area contributed by atoms with Gasteiger partial charge in [-0.15, -0.1) is 0 Å². The smallest absolute Gasteiger partial charge is 0.232 e. The van der Waals surface area contributed by atoms with E-state index in [4.69, 9.17) is 5.73 Å². The number of nitrogens with zero attached hydrogens (tertiary/aromatic N) is 1. The van der Waals surface area contributed by atoms with Crippen LogP contribution in [0.4, 0.5) is 0 Å². The standard InChI is InChI=1S/C18H26N2O/c1-12-4-7-14(8-5-12)18(2,3)17(21)20-10-13-6-9-16(19)15(13)11-20/h4-5,7-8,13,15-16H,6,9-11,19H2,1-3H3. The molecule has 3 nitrogen and oxygen atoms in total. The monoisotopic (exact) mass is 286 g/mol. The first-order valence-electron chi connectivity index (χ1n) is 8.01. The number of carbonyl (C=O) groups excluding carboxylic acids is 1. The normalized spacial score (nSPS) is 28.8. The maximum atomic E-state index is 13.0. The second-order valence-corrected chi connectivity index (χ2v) is 7.37. The van der Waals surface area contributed by atoms with E-state index in [-0.39, 0.29) is 11.9 Å². The first kappa shape index (κ1) is 14.6. The van der Waals surface area contributed by atoms with E-state index in [0.29, 0.717) is 11.8 Å². The average Bonchev–Trinajstić information content (AvgIpc) is 3.01. The molecule has 2 N–H and O–H groups in total. The maximum absolute atomic E-state index is 13.0. The van der Waals surface area contributed by atoms with Crippen LogP contribution in [0, 0.1) is 18.8 Å². The first-order chi connectivity index (χ1) is 9.89. The fourth-order valence-corrected chi connectivity index (χ4v) is 3.96. The van der Waals surface area contributed by atoms with Gasteiger partial charge in [0.1, 0.15) is 0 Å². The molecule has 2 aliphatic rings. The molecule has 1 heterocycles. The number of likely N-dealkylation sites (tertiary alicyclic amines) is 1. The van der Waals surface area contributed by atoms with Gasteiger partial charge in [-0.3, -0.25) is 4.79 Å². The van der Waals surface area contributed by atoms with E-state index in [0.717, 1.165) is 25.1 Å². The molecule has 1 saturated heterocycles. The Morgan fingerprint density at radius 3 is 2.48 bits per heavy atom. The summed E-state index contributed by atoms with van der Waals surface area (Å²) in [5, 5.41) is 0. The summed E-state index contributed by atoms with van der Waals surface area (Å²) in [5.41, 5.74) is 8.04. The van der Waals surface area contributed by atoms with Crippen molar-refractivity contribution in [2.45, 2.75) is 45.1 Å². The molecule has 1 aliphatic carbocycles. The Balaban J connectivity index is 1.77. The minimum atomic E-state index is -0.462. The van der Waals surface area contributed by atoms with E-state index in [2.05, 4.69) is 31.2 Å². The van der Waals surface area contributed by atoms with Gasteiger partial charge in [-0.2, -0.15) is 0 Å². The molecule has 1 aromatic carbocycles. The number of aryl methyl sites for hydroxylation is 1. The molecule has 21 heavy (non-hydrogen) atoms. The third kappa shape index (κ3) is 2.48. The lowest BCUT2D eigenvalue weighted by atomic mass is 9.83. The first-order valence-corrected chi connectivity index (χ1v) is 8.01. The molecular formula is C18H26N2O. The van der Waals surface area contributed by atoms with Crippen molar-refractivity contribution < 1.29 is 4.79 Å². The number of fused-ring (bicyclic) bond motifs is 1. The van der Waals surface area contributed by atoms with Gasteiger partial charge >= 0.3 is 0 Å². The summed E-state index contributed by atoms with van der Waals surface area (Å²) in [6.45, 7) is 7.89. The topological polar surface area (TPSA) is 46.3 Å². The predicted octanol–water partition coefficient (Wildman–Crippen LogP) is 2.47. The van der Waals surface area contributed by atoms with Crippen molar-refractivity contribution in [3.63, 3.8) is 0 Å². The Bertz CT molecular complexity index is 535. The van der Waals surface area contributed by atoms with Crippen molar-refractivity contribution in [2.24, 2.45) is 17.6 Å². The van der Waals surface area contributed by atoms with E-state index in [1.165, 1.54) is 12.0 Å². The summed E-state index contributed by atoms with van der Waals surface area (Å²) >= 11 is 0. The molecule has 1 saturated carbocycles. The van der Waals surface area contributed by atoms with Crippen LogP contribution in [0.2, 0.25) is 0 Å². The lowest BCUT2D eigenvalue weighted by molar-refractivity contribution is -0.135. The molecule has 0 bridgehead atoms. The molecule has 0 radical (unpaired) electrons. The third-order valence-corrected chi connectivity index (χ3v) is 5.51. The largest absolute Gasteiger partial charge is 0.341 e. The Morgan fingerprint density at radius 2 is 1.86 bits per heavy atom.